The van der Waals surface area contributed by atoms with Crippen LogP contribution in [0.5, 0.6) is 0 Å². The Morgan fingerprint density at radius 1 is 1.33 bits per heavy atom. The second kappa shape index (κ2) is 6.00. The van der Waals surface area contributed by atoms with Crippen molar-refractivity contribution in [3.8, 4) is 0 Å². The Balaban J connectivity index is 2.49. The van der Waals surface area contributed by atoms with Crippen molar-refractivity contribution >= 4 is 27.8 Å². The second-order valence-corrected chi connectivity index (χ2v) is 5.80. The average molecular weight is 314 g/mol. The fraction of sp³-hybridized carbons (Fsp3) is 0.385. The van der Waals surface area contributed by atoms with Crippen LogP contribution in [0.1, 0.15) is 31.1 Å². The van der Waals surface area contributed by atoms with E-state index in [1.165, 1.54) is 0 Å². The summed E-state index contributed by atoms with van der Waals surface area (Å²) in [6.07, 6.45) is -0.592. The van der Waals surface area contributed by atoms with Crippen molar-refractivity contribution < 1.29 is 14.3 Å². The Hall–Kier alpha value is -1.36. The summed E-state index contributed by atoms with van der Waals surface area (Å²) in [6, 6.07) is 6.95. The minimum Gasteiger partial charge on any atom is -0.441 e. The highest BCUT2D eigenvalue weighted by Gasteiger charge is 2.16. The van der Waals surface area contributed by atoms with E-state index in [4.69, 9.17) is 4.74 Å². The number of ketones is 1. The molecule has 0 aliphatic carbocycles. The second-order valence-electron chi connectivity index (χ2n) is 4.88. The predicted octanol–water partition coefficient (Wildman–Crippen LogP) is 3.16. The smallest absolute Gasteiger partial charge is 0.407 e. The molecule has 0 unspecified atom stereocenters. The Labute approximate surface area is 115 Å². The van der Waals surface area contributed by atoms with Gasteiger partial charge in [-0.3, -0.25) is 4.79 Å². The van der Waals surface area contributed by atoms with E-state index in [2.05, 4.69) is 21.2 Å². The topological polar surface area (TPSA) is 55.4 Å². The van der Waals surface area contributed by atoms with E-state index in [-0.39, 0.29) is 17.9 Å². The van der Waals surface area contributed by atoms with Crippen LogP contribution in [0.2, 0.25) is 0 Å². The predicted molar refractivity (Wildman–Crippen MR) is 72.7 cm³/mol. The van der Waals surface area contributed by atoms with Crippen molar-refractivity contribution in [3.63, 3.8) is 0 Å². The molecule has 18 heavy (non-hydrogen) atoms. The third-order valence-corrected chi connectivity index (χ3v) is 2.45. The highest BCUT2D eigenvalue weighted by atomic mass is 79.9. The summed E-state index contributed by atoms with van der Waals surface area (Å²) in [4.78, 5) is 23.1. The minimum atomic E-state index is -0.592. The molecule has 0 spiro atoms. The maximum atomic E-state index is 11.7. The van der Waals surface area contributed by atoms with Crippen molar-refractivity contribution in [2.45, 2.75) is 26.3 Å². The van der Waals surface area contributed by atoms with Gasteiger partial charge in [0.2, 0.25) is 0 Å². The van der Waals surface area contributed by atoms with Crippen LogP contribution in [0.25, 0.3) is 0 Å². The quantitative estimate of drug-likeness (QED) is 0.872. The number of rotatable bonds is 3. The van der Waals surface area contributed by atoms with Crippen molar-refractivity contribution in [1.29, 1.82) is 0 Å². The summed E-state index contributed by atoms with van der Waals surface area (Å²) in [5, 5.41) is 2.61. The molecule has 5 heteroatoms. The average Bonchev–Trinajstić information content (AvgIpc) is 2.23. The Kier molecular flexibility index (Phi) is 4.90. The van der Waals surface area contributed by atoms with E-state index in [1.807, 2.05) is 26.8 Å². The molecule has 4 nitrogen and oxygen atoms in total. The van der Waals surface area contributed by atoms with Crippen LogP contribution < -0.4 is 5.32 Å². The molecule has 1 N–H and O–H groups in total. The Morgan fingerprint density at radius 2 is 2.00 bits per heavy atom. The fourth-order valence-electron chi connectivity index (χ4n) is 1.22. The molecule has 0 fully saturated rings. The number of alkyl carbamates (subject to hydrolysis) is 1. The van der Waals surface area contributed by atoms with Gasteiger partial charge in [-0.05, 0) is 32.9 Å². The standard InChI is InChI=1S/C13H16BrNO3/c1-13(2,3)15-12(17)18-8-11(16)9-5-4-6-10(14)7-9/h4-7H,8H2,1-3H3,(H,15,17). The molecule has 0 saturated heterocycles. The first-order valence-electron chi connectivity index (χ1n) is 5.51. The zero-order chi connectivity index (χ0) is 13.8. The molecule has 1 aromatic rings. The number of amides is 1. The first-order valence-corrected chi connectivity index (χ1v) is 6.31. The monoisotopic (exact) mass is 313 g/mol. The van der Waals surface area contributed by atoms with Crippen molar-refractivity contribution in [2.75, 3.05) is 6.61 Å². The van der Waals surface area contributed by atoms with Crippen molar-refractivity contribution in [2.24, 2.45) is 0 Å². The van der Waals surface area contributed by atoms with Gasteiger partial charge in [0.05, 0.1) is 0 Å². The third kappa shape index (κ3) is 5.31. The highest BCUT2D eigenvalue weighted by Crippen LogP contribution is 2.12. The summed E-state index contributed by atoms with van der Waals surface area (Å²) < 4.78 is 5.67. The fourth-order valence-corrected chi connectivity index (χ4v) is 1.62. The van der Waals surface area contributed by atoms with Gasteiger partial charge in [0.25, 0.3) is 0 Å². The summed E-state index contributed by atoms with van der Waals surface area (Å²) >= 11 is 3.28. The first-order chi connectivity index (χ1) is 8.28. The molecular formula is C13H16BrNO3. The SMILES string of the molecule is CC(C)(C)NC(=O)OCC(=O)c1cccc(Br)c1. The van der Waals surface area contributed by atoms with Crippen LogP contribution in [0.3, 0.4) is 0 Å². The normalized spacial score (nSPS) is 10.9. The number of benzene rings is 1. The van der Waals surface area contributed by atoms with E-state index in [0.717, 1.165) is 4.47 Å². The molecule has 0 aliphatic rings. The number of carbonyl (C=O) groups excluding carboxylic acids is 2. The zero-order valence-corrected chi connectivity index (χ0v) is 12.2. The molecule has 0 aliphatic heterocycles. The summed E-state index contributed by atoms with van der Waals surface area (Å²) in [6.45, 7) is 5.25. The number of hydrogen-bond donors (Lipinski definition) is 1. The lowest BCUT2D eigenvalue weighted by Crippen LogP contribution is -2.41. The number of Topliss-reactive ketones (excluding diaryl/α,β-unsaturated/α-hetero) is 1. The summed E-state index contributed by atoms with van der Waals surface area (Å²) in [5.41, 5.74) is 0.128. The lowest BCUT2D eigenvalue weighted by atomic mass is 10.1. The third-order valence-electron chi connectivity index (χ3n) is 1.96. The van der Waals surface area contributed by atoms with Gasteiger partial charge in [0.1, 0.15) is 0 Å². The minimum absolute atomic E-state index is 0.236. The maximum Gasteiger partial charge on any atom is 0.407 e. The zero-order valence-electron chi connectivity index (χ0n) is 10.6. The lowest BCUT2D eigenvalue weighted by Gasteiger charge is -2.19. The number of nitrogens with one attached hydrogen (secondary N) is 1. The summed E-state index contributed by atoms with van der Waals surface area (Å²) in [5.74, 6) is -0.236. The maximum absolute atomic E-state index is 11.7. The largest absolute Gasteiger partial charge is 0.441 e. The highest BCUT2D eigenvalue weighted by molar-refractivity contribution is 9.10. The molecule has 98 valence electrons. The van der Waals surface area contributed by atoms with E-state index < -0.39 is 6.09 Å². The van der Waals surface area contributed by atoms with Crippen molar-refractivity contribution in [1.82, 2.24) is 5.32 Å². The molecular weight excluding hydrogens is 298 g/mol. The van der Waals surface area contributed by atoms with Gasteiger partial charge in [0, 0.05) is 15.6 Å². The number of hydrogen-bond acceptors (Lipinski definition) is 3. The Morgan fingerprint density at radius 3 is 2.56 bits per heavy atom. The van der Waals surface area contributed by atoms with Crippen LogP contribution in [0.15, 0.2) is 28.7 Å². The molecule has 0 aromatic heterocycles. The Bertz CT molecular complexity index is 452. The van der Waals surface area contributed by atoms with Crippen molar-refractivity contribution in [3.05, 3.63) is 34.3 Å². The molecule has 0 radical (unpaired) electrons. The molecule has 1 rings (SSSR count). The lowest BCUT2D eigenvalue weighted by molar-refractivity contribution is 0.0832. The van der Waals surface area contributed by atoms with Gasteiger partial charge in [-0.25, -0.2) is 4.79 Å². The number of carbonyl (C=O) groups is 2. The molecule has 0 atom stereocenters. The van der Waals surface area contributed by atoms with Crippen LogP contribution >= 0.6 is 15.9 Å². The van der Waals surface area contributed by atoms with Gasteiger partial charge in [-0.15, -0.1) is 0 Å². The molecule has 0 bridgehead atoms. The van der Waals surface area contributed by atoms with E-state index in [0.29, 0.717) is 5.56 Å². The number of halogens is 1. The van der Waals surface area contributed by atoms with E-state index >= 15 is 0 Å². The number of ether oxygens (including phenoxy) is 1. The van der Waals surface area contributed by atoms with Gasteiger partial charge < -0.3 is 10.1 Å². The van der Waals surface area contributed by atoms with Crippen LogP contribution in [-0.4, -0.2) is 24.0 Å². The van der Waals surface area contributed by atoms with Gasteiger partial charge in [-0.1, -0.05) is 28.1 Å². The van der Waals surface area contributed by atoms with E-state index in [1.54, 1.807) is 18.2 Å². The summed E-state index contributed by atoms with van der Waals surface area (Å²) in [7, 11) is 0. The van der Waals surface area contributed by atoms with Gasteiger partial charge >= 0.3 is 6.09 Å². The molecule has 0 heterocycles. The van der Waals surface area contributed by atoms with Crippen LogP contribution in [0.4, 0.5) is 4.79 Å². The molecule has 1 aromatic carbocycles. The van der Waals surface area contributed by atoms with Crippen LogP contribution in [-0.2, 0) is 4.74 Å². The molecule has 0 saturated carbocycles. The first kappa shape index (κ1) is 14.7. The molecule has 1 amide bonds. The van der Waals surface area contributed by atoms with E-state index in [9.17, 15) is 9.59 Å². The van der Waals surface area contributed by atoms with Gasteiger partial charge in [-0.2, -0.15) is 0 Å². The van der Waals surface area contributed by atoms with Crippen LogP contribution in [0, 0.1) is 0 Å². The van der Waals surface area contributed by atoms with Gasteiger partial charge in [0.15, 0.2) is 12.4 Å².